The Morgan fingerprint density at radius 3 is 3.12 bits per heavy atom. The van der Waals surface area contributed by atoms with Crippen LogP contribution in [0.3, 0.4) is 0 Å². The molecule has 2 heterocycles. The summed E-state index contributed by atoms with van der Waals surface area (Å²) in [4.78, 5) is 0. The number of hydrogen-bond donors (Lipinski definition) is 1. The van der Waals surface area contributed by atoms with Gasteiger partial charge in [-0.3, -0.25) is 4.68 Å². The molecule has 1 N–H and O–H groups in total. The van der Waals surface area contributed by atoms with Crippen molar-refractivity contribution in [2.75, 3.05) is 0 Å². The molecule has 0 amide bonds. The van der Waals surface area contributed by atoms with Crippen LogP contribution in [-0.2, 0) is 13.0 Å². The SMILES string of the molecule is CCCn1cc(C(O)Cc2ccco2)cn1. The molecule has 2 rings (SSSR count). The van der Waals surface area contributed by atoms with E-state index in [1.165, 1.54) is 0 Å². The molecule has 0 aromatic carbocycles. The molecule has 0 aliphatic heterocycles. The Morgan fingerprint density at radius 2 is 2.44 bits per heavy atom. The van der Waals surface area contributed by atoms with Crippen molar-refractivity contribution in [2.24, 2.45) is 0 Å². The fourth-order valence-corrected chi connectivity index (χ4v) is 1.64. The number of aliphatic hydroxyl groups excluding tert-OH is 1. The van der Waals surface area contributed by atoms with Crippen LogP contribution in [0.4, 0.5) is 0 Å². The number of hydrogen-bond acceptors (Lipinski definition) is 3. The first-order valence-corrected chi connectivity index (χ1v) is 5.52. The summed E-state index contributed by atoms with van der Waals surface area (Å²) in [6.07, 6.45) is 6.19. The zero-order chi connectivity index (χ0) is 11.4. The molecule has 86 valence electrons. The second-order valence-corrected chi connectivity index (χ2v) is 3.84. The molecule has 0 radical (unpaired) electrons. The van der Waals surface area contributed by atoms with E-state index in [0.29, 0.717) is 6.42 Å². The van der Waals surface area contributed by atoms with Gasteiger partial charge in [0.25, 0.3) is 0 Å². The summed E-state index contributed by atoms with van der Waals surface area (Å²) in [7, 11) is 0. The highest BCUT2D eigenvalue weighted by Crippen LogP contribution is 2.17. The van der Waals surface area contributed by atoms with E-state index in [2.05, 4.69) is 12.0 Å². The normalized spacial score (nSPS) is 12.9. The Hall–Kier alpha value is -1.55. The summed E-state index contributed by atoms with van der Waals surface area (Å²) in [5.41, 5.74) is 0.838. The smallest absolute Gasteiger partial charge is 0.106 e. The van der Waals surface area contributed by atoms with Gasteiger partial charge in [-0.05, 0) is 18.6 Å². The van der Waals surface area contributed by atoms with Crippen LogP contribution in [0.5, 0.6) is 0 Å². The zero-order valence-electron chi connectivity index (χ0n) is 9.34. The van der Waals surface area contributed by atoms with Gasteiger partial charge in [-0.1, -0.05) is 6.92 Å². The minimum absolute atomic E-state index is 0.491. The molecule has 0 bridgehead atoms. The predicted molar refractivity (Wildman–Crippen MR) is 59.9 cm³/mol. The van der Waals surface area contributed by atoms with Crippen LogP contribution in [0.15, 0.2) is 35.2 Å². The van der Waals surface area contributed by atoms with E-state index < -0.39 is 6.10 Å². The van der Waals surface area contributed by atoms with Crippen LogP contribution in [0.2, 0.25) is 0 Å². The highest BCUT2D eigenvalue weighted by Gasteiger charge is 2.12. The molecule has 0 aliphatic carbocycles. The van der Waals surface area contributed by atoms with Gasteiger partial charge in [0.1, 0.15) is 5.76 Å². The van der Waals surface area contributed by atoms with E-state index in [4.69, 9.17) is 4.42 Å². The lowest BCUT2D eigenvalue weighted by molar-refractivity contribution is 0.170. The zero-order valence-corrected chi connectivity index (χ0v) is 9.34. The van der Waals surface area contributed by atoms with Crippen molar-refractivity contribution in [3.05, 3.63) is 42.1 Å². The number of nitrogens with zero attached hydrogens (tertiary/aromatic N) is 2. The molecule has 2 aromatic heterocycles. The van der Waals surface area contributed by atoms with Gasteiger partial charge < -0.3 is 9.52 Å². The number of aryl methyl sites for hydroxylation is 1. The van der Waals surface area contributed by atoms with Crippen LogP contribution >= 0.6 is 0 Å². The van der Waals surface area contributed by atoms with E-state index in [1.54, 1.807) is 12.5 Å². The highest BCUT2D eigenvalue weighted by atomic mass is 16.3. The van der Waals surface area contributed by atoms with E-state index in [1.807, 2.05) is 23.0 Å². The molecule has 0 saturated heterocycles. The first-order chi connectivity index (χ1) is 7.79. The molecular weight excluding hydrogens is 204 g/mol. The first kappa shape index (κ1) is 11.0. The van der Waals surface area contributed by atoms with Gasteiger partial charge >= 0.3 is 0 Å². The van der Waals surface area contributed by atoms with Gasteiger partial charge in [-0.2, -0.15) is 5.10 Å². The minimum atomic E-state index is -0.545. The van der Waals surface area contributed by atoms with Crippen molar-refractivity contribution in [3.63, 3.8) is 0 Å². The molecule has 1 unspecified atom stereocenters. The highest BCUT2D eigenvalue weighted by molar-refractivity contribution is 5.11. The molecule has 1 atom stereocenters. The van der Waals surface area contributed by atoms with Crippen LogP contribution in [-0.4, -0.2) is 14.9 Å². The Bertz CT molecular complexity index is 420. The number of furan rings is 1. The minimum Gasteiger partial charge on any atom is -0.469 e. The fourth-order valence-electron chi connectivity index (χ4n) is 1.64. The second-order valence-electron chi connectivity index (χ2n) is 3.84. The van der Waals surface area contributed by atoms with Gasteiger partial charge in [0.2, 0.25) is 0 Å². The lowest BCUT2D eigenvalue weighted by atomic mass is 10.1. The van der Waals surface area contributed by atoms with Gasteiger partial charge in [-0.25, -0.2) is 0 Å². The summed E-state index contributed by atoms with van der Waals surface area (Å²) >= 11 is 0. The Labute approximate surface area is 94.5 Å². The maximum atomic E-state index is 9.96. The molecule has 16 heavy (non-hydrogen) atoms. The Kier molecular flexibility index (Phi) is 3.41. The summed E-state index contributed by atoms with van der Waals surface area (Å²) < 4.78 is 7.04. The van der Waals surface area contributed by atoms with Crippen molar-refractivity contribution in [3.8, 4) is 0 Å². The van der Waals surface area contributed by atoms with E-state index in [0.717, 1.165) is 24.3 Å². The molecule has 2 aromatic rings. The lowest BCUT2D eigenvalue weighted by Gasteiger charge is -2.05. The quantitative estimate of drug-likeness (QED) is 0.840. The summed E-state index contributed by atoms with van der Waals surface area (Å²) in [6.45, 7) is 2.98. The topological polar surface area (TPSA) is 51.2 Å². The second kappa shape index (κ2) is 4.99. The first-order valence-electron chi connectivity index (χ1n) is 5.52. The van der Waals surface area contributed by atoms with E-state index >= 15 is 0 Å². The predicted octanol–water partition coefficient (Wildman–Crippen LogP) is 2.16. The monoisotopic (exact) mass is 220 g/mol. The molecular formula is C12H16N2O2. The number of aliphatic hydroxyl groups is 1. The fraction of sp³-hybridized carbons (Fsp3) is 0.417. The Balaban J connectivity index is 2.00. The van der Waals surface area contributed by atoms with Gasteiger partial charge in [0.15, 0.2) is 0 Å². The maximum Gasteiger partial charge on any atom is 0.106 e. The van der Waals surface area contributed by atoms with Crippen molar-refractivity contribution in [1.29, 1.82) is 0 Å². The molecule has 0 fully saturated rings. The summed E-state index contributed by atoms with van der Waals surface area (Å²) in [5.74, 6) is 0.788. The lowest BCUT2D eigenvalue weighted by Crippen LogP contribution is -2.00. The standard InChI is InChI=1S/C12H16N2O2/c1-2-5-14-9-10(8-13-14)12(15)7-11-4-3-6-16-11/h3-4,6,8-9,12,15H,2,5,7H2,1H3. The summed E-state index contributed by atoms with van der Waals surface area (Å²) in [6, 6.07) is 3.68. The molecule has 0 aliphatic rings. The average Bonchev–Trinajstić information content (AvgIpc) is 2.89. The van der Waals surface area contributed by atoms with Crippen molar-refractivity contribution >= 4 is 0 Å². The van der Waals surface area contributed by atoms with E-state index in [-0.39, 0.29) is 0 Å². The third-order valence-corrected chi connectivity index (χ3v) is 2.47. The van der Waals surface area contributed by atoms with Crippen molar-refractivity contribution < 1.29 is 9.52 Å². The molecule has 4 nitrogen and oxygen atoms in total. The number of aromatic nitrogens is 2. The van der Waals surface area contributed by atoms with Gasteiger partial charge in [0.05, 0.1) is 18.6 Å². The molecule has 4 heteroatoms. The van der Waals surface area contributed by atoms with Crippen LogP contribution in [0.1, 0.15) is 30.8 Å². The van der Waals surface area contributed by atoms with E-state index in [9.17, 15) is 5.11 Å². The average molecular weight is 220 g/mol. The van der Waals surface area contributed by atoms with Crippen molar-refractivity contribution in [1.82, 2.24) is 9.78 Å². The van der Waals surface area contributed by atoms with Crippen LogP contribution in [0.25, 0.3) is 0 Å². The third-order valence-electron chi connectivity index (χ3n) is 2.47. The Morgan fingerprint density at radius 1 is 1.56 bits per heavy atom. The van der Waals surface area contributed by atoms with Crippen LogP contribution < -0.4 is 0 Å². The summed E-state index contributed by atoms with van der Waals surface area (Å²) in [5, 5.41) is 14.1. The van der Waals surface area contributed by atoms with Gasteiger partial charge in [0, 0.05) is 24.7 Å². The largest absolute Gasteiger partial charge is 0.469 e. The number of rotatable bonds is 5. The van der Waals surface area contributed by atoms with Crippen molar-refractivity contribution in [2.45, 2.75) is 32.4 Å². The van der Waals surface area contributed by atoms with Crippen LogP contribution in [0, 0.1) is 0 Å². The maximum absolute atomic E-state index is 9.96. The third kappa shape index (κ3) is 2.52. The molecule has 0 spiro atoms. The van der Waals surface area contributed by atoms with Gasteiger partial charge in [-0.15, -0.1) is 0 Å². The molecule has 0 saturated carbocycles.